The number of rotatable bonds is 3. The van der Waals surface area contributed by atoms with Crippen molar-refractivity contribution in [3.63, 3.8) is 0 Å². The first-order valence-corrected chi connectivity index (χ1v) is 7.87. The lowest BCUT2D eigenvalue weighted by atomic mass is 10.0. The van der Waals surface area contributed by atoms with Gasteiger partial charge in [-0.1, -0.05) is 0 Å². The van der Waals surface area contributed by atoms with Crippen LogP contribution in [0.1, 0.15) is 13.3 Å². The summed E-state index contributed by atoms with van der Waals surface area (Å²) in [5, 5.41) is 0. The van der Waals surface area contributed by atoms with Crippen LogP contribution in [0.5, 0.6) is 0 Å². The Labute approximate surface area is 119 Å². The molecule has 1 saturated heterocycles. The van der Waals surface area contributed by atoms with Gasteiger partial charge in [-0.3, -0.25) is 0 Å². The fourth-order valence-corrected chi connectivity index (χ4v) is 3.71. The Morgan fingerprint density at radius 2 is 2.21 bits per heavy atom. The Morgan fingerprint density at radius 3 is 2.79 bits per heavy atom. The van der Waals surface area contributed by atoms with Crippen LogP contribution < -0.4 is 10.5 Å². The largest absolute Gasteiger partial charge is 0.398 e. The van der Waals surface area contributed by atoms with E-state index in [9.17, 15) is 12.8 Å². The number of sulfonamides is 1. The second kappa shape index (κ2) is 5.01. The molecule has 1 aromatic carbocycles. The fourth-order valence-electron chi connectivity index (χ4n) is 1.88. The zero-order chi connectivity index (χ0) is 14.3. The van der Waals surface area contributed by atoms with Crippen LogP contribution in [0.4, 0.5) is 10.1 Å². The maximum atomic E-state index is 13.8. The van der Waals surface area contributed by atoms with Gasteiger partial charge >= 0.3 is 0 Å². The molecule has 3 N–H and O–H groups in total. The molecule has 8 heteroatoms. The van der Waals surface area contributed by atoms with Crippen molar-refractivity contribution >= 4 is 31.6 Å². The predicted octanol–water partition coefficient (Wildman–Crippen LogP) is 1.63. The highest BCUT2D eigenvalue weighted by molar-refractivity contribution is 9.10. The van der Waals surface area contributed by atoms with E-state index in [0.717, 1.165) is 12.1 Å². The molecule has 1 unspecified atom stereocenters. The van der Waals surface area contributed by atoms with Crippen molar-refractivity contribution in [1.82, 2.24) is 4.72 Å². The number of halogens is 2. The van der Waals surface area contributed by atoms with Crippen molar-refractivity contribution in [3.8, 4) is 0 Å². The lowest BCUT2D eigenvalue weighted by Gasteiger charge is -2.23. The van der Waals surface area contributed by atoms with Gasteiger partial charge in [0.15, 0.2) is 0 Å². The van der Waals surface area contributed by atoms with E-state index in [1.807, 2.05) is 0 Å². The summed E-state index contributed by atoms with van der Waals surface area (Å²) in [7, 11) is -3.98. The Hall–Kier alpha value is -0.700. The van der Waals surface area contributed by atoms with Crippen LogP contribution in [0.25, 0.3) is 0 Å². The summed E-state index contributed by atoms with van der Waals surface area (Å²) in [6.07, 6.45) is 0.542. The number of benzene rings is 1. The number of ether oxygens (including phenoxy) is 1. The van der Waals surface area contributed by atoms with Gasteiger partial charge in [0.1, 0.15) is 10.7 Å². The summed E-state index contributed by atoms with van der Waals surface area (Å²) in [4.78, 5) is -0.457. The van der Waals surface area contributed by atoms with Crippen LogP contribution in [0.2, 0.25) is 0 Å². The predicted molar refractivity (Wildman–Crippen MR) is 72.7 cm³/mol. The molecule has 0 saturated carbocycles. The van der Waals surface area contributed by atoms with Gasteiger partial charge in [0.25, 0.3) is 0 Å². The van der Waals surface area contributed by atoms with E-state index in [4.69, 9.17) is 10.5 Å². The standard InChI is InChI=1S/C11H14BrFN2O3S/c1-11(2-3-18-6-11)15-19(16,17)10-5-9(14)7(12)4-8(10)13/h4-5,15H,2-3,6,14H2,1H3. The van der Waals surface area contributed by atoms with E-state index in [1.165, 1.54) is 0 Å². The first-order valence-electron chi connectivity index (χ1n) is 5.60. The number of anilines is 1. The highest BCUT2D eigenvalue weighted by Crippen LogP contribution is 2.28. The average molecular weight is 353 g/mol. The molecule has 1 atom stereocenters. The van der Waals surface area contributed by atoms with Gasteiger partial charge < -0.3 is 10.5 Å². The van der Waals surface area contributed by atoms with Crippen LogP contribution in [0, 0.1) is 5.82 Å². The number of hydrogen-bond donors (Lipinski definition) is 2. The first-order chi connectivity index (χ1) is 8.73. The molecule has 0 aliphatic carbocycles. The second-order valence-corrected chi connectivity index (χ2v) is 7.28. The molecule has 0 radical (unpaired) electrons. The minimum absolute atomic E-state index is 0.162. The Kier molecular flexibility index (Phi) is 3.87. The van der Waals surface area contributed by atoms with Crippen LogP contribution in [-0.4, -0.2) is 27.2 Å². The van der Waals surface area contributed by atoms with Gasteiger partial charge in [0, 0.05) is 16.8 Å². The lowest BCUT2D eigenvalue weighted by molar-refractivity contribution is 0.178. The lowest BCUT2D eigenvalue weighted by Crippen LogP contribution is -2.46. The number of nitrogen functional groups attached to an aromatic ring is 1. The Balaban J connectivity index is 2.37. The van der Waals surface area contributed by atoms with Crippen LogP contribution in [0.3, 0.4) is 0 Å². The molecule has 0 spiro atoms. The summed E-state index contributed by atoms with van der Waals surface area (Å²) in [6.45, 7) is 2.46. The molecule has 5 nitrogen and oxygen atoms in total. The van der Waals surface area contributed by atoms with E-state index in [-0.39, 0.29) is 12.3 Å². The minimum atomic E-state index is -3.98. The van der Waals surface area contributed by atoms with E-state index in [0.29, 0.717) is 17.5 Å². The third kappa shape index (κ3) is 3.07. The molecule has 1 fully saturated rings. The maximum Gasteiger partial charge on any atom is 0.244 e. The van der Waals surface area contributed by atoms with Crippen LogP contribution in [-0.2, 0) is 14.8 Å². The van der Waals surface area contributed by atoms with Crippen LogP contribution in [0.15, 0.2) is 21.5 Å². The van der Waals surface area contributed by atoms with Crippen molar-refractivity contribution in [1.29, 1.82) is 0 Å². The topological polar surface area (TPSA) is 81.4 Å². The summed E-state index contributed by atoms with van der Waals surface area (Å²) in [5.74, 6) is -0.851. The van der Waals surface area contributed by atoms with Crippen molar-refractivity contribution < 1.29 is 17.5 Å². The van der Waals surface area contributed by atoms with Gasteiger partial charge in [0.2, 0.25) is 10.0 Å². The molecule has 0 amide bonds. The summed E-state index contributed by atoms with van der Waals surface area (Å²) in [5.41, 5.74) is 5.04. The summed E-state index contributed by atoms with van der Waals surface area (Å²) >= 11 is 3.05. The van der Waals surface area contributed by atoms with E-state index in [2.05, 4.69) is 20.7 Å². The smallest absolute Gasteiger partial charge is 0.244 e. The van der Waals surface area contributed by atoms with E-state index in [1.54, 1.807) is 6.92 Å². The van der Waals surface area contributed by atoms with Crippen molar-refractivity contribution in [3.05, 3.63) is 22.4 Å². The van der Waals surface area contributed by atoms with Gasteiger partial charge in [-0.15, -0.1) is 0 Å². The molecule has 1 aromatic rings. The molecule has 19 heavy (non-hydrogen) atoms. The SMILES string of the molecule is CC1(NS(=O)(=O)c2cc(N)c(Br)cc2F)CCOC1. The van der Waals surface area contributed by atoms with Gasteiger partial charge in [-0.2, -0.15) is 0 Å². The molecular weight excluding hydrogens is 339 g/mol. The summed E-state index contributed by atoms with van der Waals surface area (Å²) < 4.78 is 46.1. The quantitative estimate of drug-likeness (QED) is 0.810. The zero-order valence-corrected chi connectivity index (χ0v) is 12.6. The molecule has 1 aliphatic heterocycles. The van der Waals surface area contributed by atoms with Gasteiger partial charge in [0.05, 0.1) is 12.1 Å². The monoisotopic (exact) mass is 352 g/mol. The molecule has 106 valence electrons. The second-order valence-electron chi connectivity index (χ2n) is 4.77. The molecule has 2 rings (SSSR count). The molecule has 0 aromatic heterocycles. The highest BCUT2D eigenvalue weighted by Gasteiger charge is 2.35. The van der Waals surface area contributed by atoms with E-state index < -0.39 is 26.3 Å². The van der Waals surface area contributed by atoms with Crippen LogP contribution >= 0.6 is 15.9 Å². The average Bonchev–Trinajstić information content (AvgIpc) is 2.68. The van der Waals surface area contributed by atoms with Gasteiger partial charge in [-0.05, 0) is 41.4 Å². The fraction of sp³-hybridized carbons (Fsp3) is 0.455. The number of nitrogens with one attached hydrogen (secondary N) is 1. The van der Waals surface area contributed by atoms with Crippen molar-refractivity contribution in [2.75, 3.05) is 18.9 Å². The number of nitrogens with two attached hydrogens (primary N) is 1. The maximum absolute atomic E-state index is 13.8. The molecule has 1 aliphatic rings. The molecule has 0 bridgehead atoms. The summed E-state index contributed by atoms with van der Waals surface area (Å²) in [6, 6.07) is 2.14. The number of hydrogen-bond acceptors (Lipinski definition) is 4. The van der Waals surface area contributed by atoms with Gasteiger partial charge in [-0.25, -0.2) is 17.5 Å². The minimum Gasteiger partial charge on any atom is -0.398 e. The normalized spacial score (nSPS) is 23.7. The molecular formula is C11H14BrFN2O3S. The zero-order valence-electron chi connectivity index (χ0n) is 10.2. The molecule has 1 heterocycles. The Morgan fingerprint density at radius 1 is 1.53 bits per heavy atom. The first kappa shape index (κ1) is 14.7. The van der Waals surface area contributed by atoms with Crippen molar-refractivity contribution in [2.45, 2.75) is 23.8 Å². The van der Waals surface area contributed by atoms with Crippen molar-refractivity contribution in [2.24, 2.45) is 0 Å². The Bertz CT molecular complexity index is 600. The third-order valence-corrected chi connectivity index (χ3v) is 5.28. The third-order valence-electron chi connectivity index (χ3n) is 2.94. The van der Waals surface area contributed by atoms with E-state index >= 15 is 0 Å². The highest BCUT2D eigenvalue weighted by atomic mass is 79.9.